The van der Waals surface area contributed by atoms with Crippen molar-refractivity contribution >= 4 is 29.2 Å². The van der Waals surface area contributed by atoms with Crippen molar-refractivity contribution in [1.29, 1.82) is 0 Å². The number of carbonyl (C=O) groups excluding carboxylic acids is 2. The van der Waals surface area contributed by atoms with E-state index in [1.54, 1.807) is 12.0 Å². The highest BCUT2D eigenvalue weighted by molar-refractivity contribution is 6.30. The van der Waals surface area contributed by atoms with Gasteiger partial charge in [-0.2, -0.15) is 0 Å². The first-order chi connectivity index (χ1) is 13.5. The number of rotatable bonds is 5. The fourth-order valence-electron chi connectivity index (χ4n) is 3.04. The van der Waals surface area contributed by atoms with Gasteiger partial charge in [-0.25, -0.2) is 9.18 Å². The highest BCUT2D eigenvalue weighted by atomic mass is 35.5. The summed E-state index contributed by atoms with van der Waals surface area (Å²) < 4.78 is 24.0. The van der Waals surface area contributed by atoms with Crippen LogP contribution in [0.3, 0.4) is 0 Å². The third-order valence-electron chi connectivity index (χ3n) is 4.53. The van der Waals surface area contributed by atoms with Crippen LogP contribution in [0.2, 0.25) is 5.02 Å². The Morgan fingerprint density at radius 3 is 2.54 bits per heavy atom. The van der Waals surface area contributed by atoms with E-state index < -0.39 is 18.4 Å². The van der Waals surface area contributed by atoms with Crippen molar-refractivity contribution in [2.24, 2.45) is 0 Å². The number of anilines is 1. The monoisotopic (exact) mass is 406 g/mol. The van der Waals surface area contributed by atoms with Crippen LogP contribution in [0.25, 0.3) is 0 Å². The van der Waals surface area contributed by atoms with Crippen molar-refractivity contribution in [3.05, 3.63) is 58.9 Å². The summed E-state index contributed by atoms with van der Waals surface area (Å²) in [6, 6.07) is 11.3. The Morgan fingerprint density at radius 2 is 1.82 bits per heavy atom. The van der Waals surface area contributed by atoms with E-state index in [4.69, 9.17) is 21.1 Å². The van der Waals surface area contributed by atoms with Gasteiger partial charge in [0.2, 0.25) is 0 Å². The second-order valence-electron chi connectivity index (χ2n) is 6.24. The second kappa shape index (κ2) is 8.93. The van der Waals surface area contributed by atoms with E-state index in [-0.39, 0.29) is 16.5 Å². The Hall–Kier alpha value is -2.80. The SMILES string of the molecule is COc1ccccc1N1CCN(C(=O)COC(=O)c2cc(Cl)ccc2F)CC1. The van der Waals surface area contributed by atoms with E-state index in [1.165, 1.54) is 12.1 Å². The minimum atomic E-state index is -0.916. The number of carbonyl (C=O) groups is 2. The Balaban J connectivity index is 1.53. The van der Waals surface area contributed by atoms with Crippen molar-refractivity contribution in [3.8, 4) is 5.75 Å². The number of hydrogen-bond donors (Lipinski definition) is 0. The van der Waals surface area contributed by atoms with Crippen LogP contribution in [-0.2, 0) is 9.53 Å². The Kier molecular flexibility index (Phi) is 6.36. The standard InChI is InChI=1S/C20H20ClFN2O4/c1-27-18-5-3-2-4-17(18)23-8-10-24(11-9-23)19(25)13-28-20(26)15-12-14(21)6-7-16(15)22/h2-7,12H,8-11,13H2,1H3. The number of halogens is 2. The molecule has 1 heterocycles. The molecule has 1 fully saturated rings. The molecule has 0 atom stereocenters. The van der Waals surface area contributed by atoms with Gasteiger partial charge in [0.15, 0.2) is 6.61 Å². The highest BCUT2D eigenvalue weighted by Crippen LogP contribution is 2.28. The molecule has 1 amide bonds. The van der Waals surface area contributed by atoms with Gasteiger partial charge < -0.3 is 19.3 Å². The molecule has 28 heavy (non-hydrogen) atoms. The highest BCUT2D eigenvalue weighted by Gasteiger charge is 2.24. The lowest BCUT2D eigenvalue weighted by molar-refractivity contribution is -0.134. The van der Waals surface area contributed by atoms with Gasteiger partial charge in [-0.05, 0) is 30.3 Å². The molecule has 1 saturated heterocycles. The van der Waals surface area contributed by atoms with Crippen LogP contribution in [0, 0.1) is 5.82 Å². The molecule has 0 aromatic heterocycles. The van der Waals surface area contributed by atoms with Crippen LogP contribution in [0.1, 0.15) is 10.4 Å². The molecule has 0 saturated carbocycles. The van der Waals surface area contributed by atoms with E-state index in [2.05, 4.69) is 4.90 Å². The molecule has 0 bridgehead atoms. The van der Waals surface area contributed by atoms with Crippen molar-refractivity contribution in [3.63, 3.8) is 0 Å². The van der Waals surface area contributed by atoms with Crippen LogP contribution in [-0.4, -0.2) is 56.7 Å². The third-order valence-corrected chi connectivity index (χ3v) is 4.77. The lowest BCUT2D eigenvalue weighted by atomic mass is 10.2. The van der Waals surface area contributed by atoms with Gasteiger partial charge in [-0.3, -0.25) is 4.79 Å². The first-order valence-corrected chi connectivity index (χ1v) is 9.15. The van der Waals surface area contributed by atoms with Crippen LogP contribution >= 0.6 is 11.6 Å². The number of nitrogens with zero attached hydrogens (tertiary/aromatic N) is 2. The summed E-state index contributed by atoms with van der Waals surface area (Å²) in [5.41, 5.74) is 0.682. The van der Waals surface area contributed by atoms with Crippen LogP contribution in [0.4, 0.5) is 10.1 Å². The fourth-order valence-corrected chi connectivity index (χ4v) is 3.21. The molecule has 1 aliphatic heterocycles. The van der Waals surface area contributed by atoms with Crippen molar-refractivity contribution in [2.45, 2.75) is 0 Å². The summed E-state index contributed by atoms with van der Waals surface area (Å²) in [5, 5.41) is 0.215. The minimum absolute atomic E-state index is 0.215. The van der Waals surface area contributed by atoms with E-state index in [0.29, 0.717) is 26.2 Å². The quantitative estimate of drug-likeness (QED) is 0.714. The maximum atomic E-state index is 13.7. The fraction of sp³-hybridized carbons (Fsp3) is 0.300. The lowest BCUT2D eigenvalue weighted by Gasteiger charge is -2.36. The zero-order valence-corrected chi connectivity index (χ0v) is 16.1. The van der Waals surface area contributed by atoms with E-state index in [0.717, 1.165) is 17.5 Å². The summed E-state index contributed by atoms with van der Waals surface area (Å²) >= 11 is 5.77. The smallest absolute Gasteiger partial charge is 0.341 e. The van der Waals surface area contributed by atoms with Crippen molar-refractivity contribution < 1.29 is 23.5 Å². The Labute approximate surface area is 167 Å². The molecule has 0 N–H and O–H groups in total. The van der Waals surface area contributed by atoms with Gasteiger partial charge in [-0.15, -0.1) is 0 Å². The zero-order valence-electron chi connectivity index (χ0n) is 15.4. The molecule has 2 aromatic rings. The Morgan fingerprint density at radius 1 is 1.11 bits per heavy atom. The number of esters is 1. The van der Waals surface area contributed by atoms with Gasteiger partial charge in [0.25, 0.3) is 5.91 Å². The summed E-state index contributed by atoms with van der Waals surface area (Å²) in [4.78, 5) is 28.1. The van der Waals surface area contributed by atoms with Crippen molar-refractivity contribution in [1.82, 2.24) is 4.90 Å². The summed E-state index contributed by atoms with van der Waals surface area (Å²) in [7, 11) is 1.62. The molecule has 148 valence electrons. The number of piperazine rings is 1. The molecule has 0 aliphatic carbocycles. The summed E-state index contributed by atoms with van der Waals surface area (Å²) in [6.45, 7) is 1.78. The van der Waals surface area contributed by atoms with Gasteiger partial charge in [0, 0.05) is 31.2 Å². The number of hydrogen-bond acceptors (Lipinski definition) is 5. The minimum Gasteiger partial charge on any atom is -0.495 e. The molecule has 0 spiro atoms. The third kappa shape index (κ3) is 4.54. The number of para-hydroxylation sites is 2. The average Bonchev–Trinajstić information content (AvgIpc) is 2.73. The topological polar surface area (TPSA) is 59.1 Å². The van der Waals surface area contributed by atoms with Crippen LogP contribution < -0.4 is 9.64 Å². The van der Waals surface area contributed by atoms with E-state index in [1.807, 2.05) is 24.3 Å². The predicted molar refractivity (Wildman–Crippen MR) is 103 cm³/mol. The number of benzene rings is 2. The van der Waals surface area contributed by atoms with Gasteiger partial charge in [0.05, 0.1) is 18.4 Å². The zero-order chi connectivity index (χ0) is 20.1. The molecule has 6 nitrogen and oxygen atoms in total. The van der Waals surface area contributed by atoms with E-state index >= 15 is 0 Å². The molecule has 2 aromatic carbocycles. The largest absolute Gasteiger partial charge is 0.495 e. The summed E-state index contributed by atoms with van der Waals surface area (Å²) in [6.07, 6.45) is 0. The normalized spacial score (nSPS) is 14.0. The van der Waals surface area contributed by atoms with Gasteiger partial charge in [0.1, 0.15) is 11.6 Å². The molecule has 1 aliphatic rings. The van der Waals surface area contributed by atoms with Crippen molar-refractivity contribution in [2.75, 3.05) is 44.8 Å². The molecular weight excluding hydrogens is 387 g/mol. The average molecular weight is 407 g/mol. The number of amides is 1. The predicted octanol–water partition coefficient (Wildman–Crippen LogP) is 2.99. The van der Waals surface area contributed by atoms with Gasteiger partial charge in [-0.1, -0.05) is 23.7 Å². The van der Waals surface area contributed by atoms with Crippen LogP contribution in [0.15, 0.2) is 42.5 Å². The molecule has 8 heteroatoms. The second-order valence-corrected chi connectivity index (χ2v) is 6.68. The van der Waals surface area contributed by atoms with Gasteiger partial charge >= 0.3 is 5.97 Å². The maximum Gasteiger partial charge on any atom is 0.341 e. The molecule has 3 rings (SSSR count). The Bertz CT molecular complexity index is 869. The van der Waals surface area contributed by atoms with Crippen LogP contribution in [0.5, 0.6) is 5.75 Å². The first-order valence-electron chi connectivity index (χ1n) is 8.77. The molecule has 0 unspecified atom stereocenters. The van der Waals surface area contributed by atoms with E-state index in [9.17, 15) is 14.0 Å². The maximum absolute atomic E-state index is 13.7. The summed E-state index contributed by atoms with van der Waals surface area (Å²) in [5.74, 6) is -1.21. The molecule has 0 radical (unpaired) electrons. The first kappa shape index (κ1) is 19.9. The lowest BCUT2D eigenvalue weighted by Crippen LogP contribution is -2.50. The number of methoxy groups -OCH3 is 1. The molecular formula is C20H20ClFN2O4. The number of ether oxygens (including phenoxy) is 2.